The normalized spacial score (nSPS) is 23.3. The molecular formula is C50H62ClN3O11. The first kappa shape index (κ1) is 47.7. The lowest BCUT2D eigenvalue weighted by Gasteiger charge is -2.60. The Balaban J connectivity index is 1.41. The van der Waals surface area contributed by atoms with Gasteiger partial charge in [0.25, 0.3) is 0 Å². The van der Waals surface area contributed by atoms with Gasteiger partial charge in [-0.2, -0.15) is 0 Å². The van der Waals surface area contributed by atoms with Gasteiger partial charge in [-0.3, -0.25) is 4.90 Å². The van der Waals surface area contributed by atoms with Crippen molar-refractivity contribution in [3.63, 3.8) is 0 Å². The third-order valence-corrected chi connectivity index (χ3v) is 12.4. The van der Waals surface area contributed by atoms with Crippen molar-refractivity contribution in [2.24, 2.45) is 22.9 Å². The van der Waals surface area contributed by atoms with E-state index in [0.717, 1.165) is 47.9 Å². The molecule has 7 rings (SSSR count). The van der Waals surface area contributed by atoms with Gasteiger partial charge < -0.3 is 48.8 Å². The first-order valence-electron chi connectivity index (χ1n) is 22.6. The topological polar surface area (TPSA) is 167 Å². The number of ether oxygens (including phenoxy) is 6. The highest BCUT2D eigenvalue weighted by Crippen LogP contribution is 2.62. The molecule has 2 aliphatic heterocycles. The number of hydrogen-bond acceptors (Lipinski definition) is 12. The molecule has 3 aromatic rings. The molecule has 1 saturated carbocycles. The first-order valence-corrected chi connectivity index (χ1v) is 23.2. The van der Waals surface area contributed by atoms with Crippen LogP contribution in [0.15, 0.2) is 96.2 Å². The quantitative estimate of drug-likeness (QED) is 0.0429. The minimum absolute atomic E-state index is 0.00639. The molecule has 350 valence electrons. The predicted molar refractivity (Wildman–Crippen MR) is 245 cm³/mol. The molecule has 4 aliphatic rings. The van der Waals surface area contributed by atoms with Gasteiger partial charge in [-0.15, -0.1) is 18.2 Å². The standard InChI is InChI=1S/C50H62ClN3O11/c1-5-24-62-50-44(54(48(58)59-25-21-51)31-34-17-19-42-43(26-34)61-32-60-42)29-40(53-65-49(2,3)4)38-27-35(15-9-11-22-55)37(16-10-12-23-56)45(46(38)50)39-28-36(18-20-41(39)64-50)63-47(57)52-30-33-13-7-6-8-14-33/h5-8,13-14,17-20,26-28,35,37,44-46,55-56H,1,9-12,15-16,21-25,29-32H2,2-4H3,(H,52,57)/t35-,37+,44-,45+,46+,50+/m0/s1. The summed E-state index contributed by atoms with van der Waals surface area (Å²) < 4.78 is 37.6. The summed E-state index contributed by atoms with van der Waals surface area (Å²) in [7, 11) is 0. The van der Waals surface area contributed by atoms with Gasteiger partial charge in [0.05, 0.1) is 24.1 Å². The smallest absolute Gasteiger partial charge is 0.412 e. The number of amides is 2. The molecule has 2 amide bonds. The number of allylic oxidation sites excluding steroid dienone is 1. The molecule has 2 heterocycles. The van der Waals surface area contributed by atoms with Crippen LogP contribution in [0.1, 0.15) is 88.3 Å². The van der Waals surface area contributed by atoms with E-state index < -0.39 is 35.5 Å². The highest BCUT2D eigenvalue weighted by Gasteiger charge is 2.66. The summed E-state index contributed by atoms with van der Waals surface area (Å²) in [5, 5.41) is 27.7. The van der Waals surface area contributed by atoms with E-state index in [2.05, 4.69) is 18.0 Å². The number of aliphatic hydroxyl groups excluding tert-OH is 2. The minimum atomic E-state index is -1.56. The van der Waals surface area contributed by atoms with E-state index in [4.69, 9.17) is 50.0 Å². The highest BCUT2D eigenvalue weighted by atomic mass is 35.5. The maximum absolute atomic E-state index is 14.6. The number of hydrogen-bond donors (Lipinski definition) is 3. The van der Waals surface area contributed by atoms with Crippen LogP contribution < -0.4 is 24.3 Å². The Morgan fingerprint density at radius 1 is 0.969 bits per heavy atom. The summed E-state index contributed by atoms with van der Waals surface area (Å²) >= 11 is 6.12. The van der Waals surface area contributed by atoms with Crippen LogP contribution in [0, 0.1) is 17.8 Å². The zero-order valence-electron chi connectivity index (χ0n) is 37.5. The lowest BCUT2D eigenvalue weighted by molar-refractivity contribution is -0.256. The minimum Gasteiger partial charge on any atom is -0.459 e. The van der Waals surface area contributed by atoms with Crippen molar-refractivity contribution in [1.82, 2.24) is 10.2 Å². The van der Waals surface area contributed by atoms with Crippen molar-refractivity contribution in [2.75, 3.05) is 39.1 Å². The van der Waals surface area contributed by atoms with E-state index in [1.807, 2.05) is 75.4 Å². The molecule has 0 radical (unpaired) electrons. The Labute approximate surface area is 386 Å². The number of oxime groups is 1. The lowest BCUT2D eigenvalue weighted by Crippen LogP contribution is -2.70. The number of aliphatic hydroxyl groups is 2. The Bertz CT molecular complexity index is 2180. The third-order valence-electron chi connectivity index (χ3n) is 12.3. The monoisotopic (exact) mass is 915 g/mol. The van der Waals surface area contributed by atoms with Gasteiger partial charge in [-0.1, -0.05) is 66.5 Å². The number of alkyl halides is 1. The molecule has 0 saturated heterocycles. The van der Waals surface area contributed by atoms with Gasteiger partial charge in [-0.25, -0.2) is 9.59 Å². The number of fused-ring (bicyclic) bond motifs is 3. The molecule has 0 spiro atoms. The second kappa shape index (κ2) is 21.8. The van der Waals surface area contributed by atoms with Crippen molar-refractivity contribution in [1.29, 1.82) is 0 Å². The van der Waals surface area contributed by atoms with E-state index in [-0.39, 0.29) is 76.4 Å². The van der Waals surface area contributed by atoms with Crippen molar-refractivity contribution in [2.45, 2.75) is 102 Å². The van der Waals surface area contributed by atoms with Crippen molar-refractivity contribution >= 4 is 29.5 Å². The first-order chi connectivity index (χ1) is 31.5. The number of nitrogens with zero attached hydrogens (tertiary/aromatic N) is 2. The molecule has 15 heteroatoms. The number of carbonyl (C=O) groups is 2. The number of unbranched alkanes of at least 4 members (excludes halogenated alkanes) is 2. The van der Waals surface area contributed by atoms with E-state index in [1.165, 1.54) is 0 Å². The Morgan fingerprint density at radius 3 is 2.46 bits per heavy atom. The van der Waals surface area contributed by atoms with Crippen LogP contribution in [0.25, 0.3) is 0 Å². The largest absolute Gasteiger partial charge is 0.459 e. The van der Waals surface area contributed by atoms with Crippen LogP contribution in [0.2, 0.25) is 0 Å². The lowest BCUT2D eigenvalue weighted by atomic mass is 9.55. The van der Waals surface area contributed by atoms with Crippen LogP contribution in [-0.2, 0) is 27.4 Å². The molecular weight excluding hydrogens is 854 g/mol. The maximum Gasteiger partial charge on any atom is 0.412 e. The van der Waals surface area contributed by atoms with Gasteiger partial charge >= 0.3 is 12.2 Å². The van der Waals surface area contributed by atoms with Crippen LogP contribution in [-0.4, -0.2) is 89.5 Å². The number of carbonyl (C=O) groups excluding carboxylic acids is 2. The summed E-state index contributed by atoms with van der Waals surface area (Å²) in [6.45, 7) is 10.4. The van der Waals surface area contributed by atoms with Crippen LogP contribution in [0.5, 0.6) is 23.0 Å². The second-order valence-corrected chi connectivity index (χ2v) is 18.2. The zero-order chi connectivity index (χ0) is 46.0. The van der Waals surface area contributed by atoms with Crippen molar-refractivity contribution in [3.05, 3.63) is 108 Å². The molecule has 6 atom stereocenters. The molecule has 3 aromatic carbocycles. The number of benzene rings is 3. The average Bonchev–Trinajstić information content (AvgIpc) is 3.77. The van der Waals surface area contributed by atoms with Crippen LogP contribution >= 0.6 is 11.6 Å². The highest BCUT2D eigenvalue weighted by molar-refractivity contribution is 6.18. The molecule has 0 bridgehead atoms. The molecule has 3 N–H and O–H groups in total. The Kier molecular flexibility index (Phi) is 16.0. The maximum atomic E-state index is 14.6. The molecule has 0 aromatic heterocycles. The van der Waals surface area contributed by atoms with Crippen molar-refractivity contribution < 1.29 is 53.1 Å². The predicted octanol–water partition coefficient (Wildman–Crippen LogP) is 9.01. The zero-order valence-corrected chi connectivity index (χ0v) is 38.3. The molecule has 2 aliphatic carbocycles. The summed E-state index contributed by atoms with van der Waals surface area (Å²) in [5.41, 5.74) is 3.30. The third kappa shape index (κ3) is 11.2. The van der Waals surface area contributed by atoms with E-state index in [9.17, 15) is 19.8 Å². The Hall–Kier alpha value is -5.28. The summed E-state index contributed by atoms with van der Waals surface area (Å²) in [4.78, 5) is 35.8. The van der Waals surface area contributed by atoms with Gasteiger partial charge in [0.2, 0.25) is 12.6 Å². The van der Waals surface area contributed by atoms with Crippen LogP contribution in [0.4, 0.5) is 9.59 Å². The van der Waals surface area contributed by atoms with Gasteiger partial charge in [0, 0.05) is 44.2 Å². The number of nitrogens with one attached hydrogen (secondary N) is 1. The van der Waals surface area contributed by atoms with Gasteiger partial charge in [0.1, 0.15) is 29.7 Å². The second-order valence-electron chi connectivity index (χ2n) is 17.8. The molecule has 65 heavy (non-hydrogen) atoms. The Morgan fingerprint density at radius 2 is 1.72 bits per heavy atom. The van der Waals surface area contributed by atoms with Gasteiger partial charge in [-0.05, 0) is 105 Å². The van der Waals surface area contributed by atoms with E-state index >= 15 is 0 Å². The fraction of sp³-hybridized carbons (Fsp3) is 0.500. The van der Waals surface area contributed by atoms with E-state index in [1.54, 1.807) is 23.1 Å². The average molecular weight is 917 g/mol. The van der Waals surface area contributed by atoms with Crippen molar-refractivity contribution in [3.8, 4) is 23.0 Å². The van der Waals surface area contributed by atoms with Gasteiger partial charge in [0.15, 0.2) is 11.5 Å². The fourth-order valence-electron chi connectivity index (χ4n) is 9.56. The number of rotatable bonds is 20. The SMILES string of the molecule is C=CCO[C@@]12Oc3ccc(OC(=O)NCc4ccccc4)cc3[C@H]3[C@H](CCCCO)[C@@H](CCCCO)C=C(C(=NOC(C)(C)C)C[C@@H]1N(Cc1ccc4c(c1)OCO4)C(=O)OCCCl)[C@H]32. The summed E-state index contributed by atoms with van der Waals surface area (Å²) in [6, 6.07) is 19.6. The molecule has 1 fully saturated rings. The summed E-state index contributed by atoms with van der Waals surface area (Å²) in [6.07, 6.45) is 7.08. The molecule has 14 nitrogen and oxygen atoms in total. The summed E-state index contributed by atoms with van der Waals surface area (Å²) in [5.74, 6) is -0.507. The van der Waals surface area contributed by atoms with Crippen LogP contribution in [0.3, 0.4) is 0 Å². The van der Waals surface area contributed by atoms with E-state index in [0.29, 0.717) is 41.6 Å². The fourth-order valence-corrected chi connectivity index (χ4v) is 9.64. The molecule has 0 unspecified atom stereocenters. The number of halogens is 1.